The fourth-order valence-corrected chi connectivity index (χ4v) is 4.41. The van der Waals surface area contributed by atoms with E-state index in [-0.39, 0.29) is 11.6 Å². The van der Waals surface area contributed by atoms with Gasteiger partial charge in [-0.2, -0.15) is 0 Å². The quantitative estimate of drug-likeness (QED) is 0.376. The van der Waals surface area contributed by atoms with Crippen molar-refractivity contribution in [1.82, 2.24) is 9.88 Å². The van der Waals surface area contributed by atoms with Crippen molar-refractivity contribution in [2.24, 2.45) is 5.92 Å². The first kappa shape index (κ1) is 22.3. The molecule has 2 nitrogen and oxygen atoms in total. The highest BCUT2D eigenvalue weighted by molar-refractivity contribution is 5.79. The van der Waals surface area contributed by atoms with Crippen molar-refractivity contribution in [3.05, 3.63) is 107 Å². The van der Waals surface area contributed by atoms with Gasteiger partial charge in [0.1, 0.15) is 11.6 Å². The van der Waals surface area contributed by atoms with Crippen LogP contribution >= 0.6 is 0 Å². The number of allylic oxidation sites excluding steroid dienone is 1. The predicted molar refractivity (Wildman–Crippen MR) is 126 cm³/mol. The van der Waals surface area contributed by atoms with Gasteiger partial charge < -0.3 is 4.90 Å². The van der Waals surface area contributed by atoms with Crippen LogP contribution < -0.4 is 0 Å². The molecule has 166 valence electrons. The van der Waals surface area contributed by atoms with E-state index < -0.39 is 0 Å². The van der Waals surface area contributed by atoms with Gasteiger partial charge >= 0.3 is 0 Å². The lowest BCUT2D eigenvalue weighted by atomic mass is 9.89. The Morgan fingerprint density at radius 3 is 2.06 bits per heavy atom. The van der Waals surface area contributed by atoms with Gasteiger partial charge in [0.2, 0.25) is 0 Å². The summed E-state index contributed by atoms with van der Waals surface area (Å²) in [6.45, 7) is 3.32. The number of nitrogens with zero attached hydrogens (tertiary/aromatic N) is 2. The van der Waals surface area contributed by atoms with Gasteiger partial charge in [-0.25, -0.2) is 8.78 Å². The first-order valence-electron chi connectivity index (χ1n) is 11.5. The third-order valence-corrected chi connectivity index (χ3v) is 6.26. The summed E-state index contributed by atoms with van der Waals surface area (Å²) in [4.78, 5) is 6.74. The predicted octanol–water partition coefficient (Wildman–Crippen LogP) is 6.53. The number of hydrogen-bond acceptors (Lipinski definition) is 2. The Hall–Kier alpha value is -2.85. The zero-order valence-electron chi connectivity index (χ0n) is 18.4. The smallest absolute Gasteiger partial charge is 0.123 e. The van der Waals surface area contributed by atoms with Crippen molar-refractivity contribution in [3.8, 4) is 0 Å². The number of unbranched alkanes of at least 4 members (excludes halogenated alkanes) is 1. The molecule has 0 saturated carbocycles. The van der Waals surface area contributed by atoms with Crippen LogP contribution in [0.2, 0.25) is 0 Å². The molecule has 2 heterocycles. The van der Waals surface area contributed by atoms with Gasteiger partial charge in [0.05, 0.1) is 0 Å². The van der Waals surface area contributed by atoms with E-state index in [1.807, 2.05) is 42.7 Å². The van der Waals surface area contributed by atoms with Gasteiger partial charge in [-0.1, -0.05) is 36.4 Å². The fraction of sp³-hybridized carbons (Fsp3) is 0.321. The minimum Gasteiger partial charge on any atom is -0.303 e. The van der Waals surface area contributed by atoms with Gasteiger partial charge in [0, 0.05) is 12.4 Å². The summed E-state index contributed by atoms with van der Waals surface area (Å²) in [5, 5.41) is 0. The number of rotatable bonds is 8. The minimum atomic E-state index is -0.246. The lowest BCUT2D eigenvalue weighted by Crippen LogP contribution is -2.34. The van der Waals surface area contributed by atoms with Crippen LogP contribution in [0.25, 0.3) is 5.57 Å². The Morgan fingerprint density at radius 2 is 1.50 bits per heavy atom. The zero-order valence-corrected chi connectivity index (χ0v) is 18.4. The molecular weight excluding hydrogens is 402 g/mol. The van der Waals surface area contributed by atoms with Crippen LogP contribution in [-0.4, -0.2) is 29.5 Å². The van der Waals surface area contributed by atoms with Crippen LogP contribution in [0.5, 0.6) is 0 Å². The number of piperidine rings is 1. The third-order valence-electron chi connectivity index (χ3n) is 6.26. The number of likely N-dealkylation sites (tertiary alicyclic amines) is 1. The summed E-state index contributed by atoms with van der Waals surface area (Å²) in [6.07, 6.45) is 11.8. The molecule has 32 heavy (non-hydrogen) atoms. The van der Waals surface area contributed by atoms with Crippen LogP contribution in [0, 0.1) is 17.6 Å². The normalized spacial score (nSPS) is 14.9. The van der Waals surface area contributed by atoms with Crippen LogP contribution in [-0.2, 0) is 6.42 Å². The number of aryl methyl sites for hydroxylation is 1. The first-order valence-corrected chi connectivity index (χ1v) is 11.5. The Morgan fingerprint density at radius 1 is 0.875 bits per heavy atom. The second kappa shape index (κ2) is 11.1. The van der Waals surface area contributed by atoms with Crippen LogP contribution in [0.1, 0.15) is 42.4 Å². The molecule has 0 unspecified atom stereocenters. The Labute approximate surface area is 189 Å². The topological polar surface area (TPSA) is 16.1 Å². The van der Waals surface area contributed by atoms with E-state index in [9.17, 15) is 8.78 Å². The first-order chi connectivity index (χ1) is 15.7. The molecule has 0 amide bonds. The number of pyridine rings is 1. The molecule has 0 radical (unpaired) electrons. The molecule has 0 atom stereocenters. The monoisotopic (exact) mass is 432 g/mol. The molecule has 1 aliphatic heterocycles. The van der Waals surface area contributed by atoms with Crippen molar-refractivity contribution in [2.75, 3.05) is 19.6 Å². The standard InChI is InChI=1S/C28H30F2N2/c29-26-10-6-24(7-11-26)28(25-8-12-27(30)13-9-25)20-22-14-18-32(19-15-22)17-2-1-4-23-5-3-16-31-21-23/h3,5-13,16,20-22H,1-2,4,14-15,17-19H2. The second-order valence-corrected chi connectivity index (χ2v) is 8.59. The van der Waals surface area contributed by atoms with Crippen molar-refractivity contribution in [3.63, 3.8) is 0 Å². The van der Waals surface area contributed by atoms with Gasteiger partial charge in [-0.15, -0.1) is 0 Å². The Balaban J connectivity index is 1.34. The maximum atomic E-state index is 13.5. The van der Waals surface area contributed by atoms with Crippen LogP contribution in [0.3, 0.4) is 0 Å². The van der Waals surface area contributed by atoms with Crippen molar-refractivity contribution < 1.29 is 8.78 Å². The molecule has 1 fully saturated rings. The summed E-state index contributed by atoms with van der Waals surface area (Å²) in [6, 6.07) is 17.3. The highest BCUT2D eigenvalue weighted by Crippen LogP contribution is 2.29. The highest BCUT2D eigenvalue weighted by Gasteiger charge is 2.19. The molecule has 4 rings (SSSR count). The Kier molecular flexibility index (Phi) is 7.78. The van der Waals surface area contributed by atoms with E-state index in [0.717, 1.165) is 55.6 Å². The minimum absolute atomic E-state index is 0.246. The molecule has 1 aromatic heterocycles. The maximum absolute atomic E-state index is 13.5. The molecule has 3 aromatic rings. The molecular formula is C28H30F2N2. The number of benzene rings is 2. The molecule has 1 saturated heterocycles. The number of halogens is 2. The molecule has 0 bridgehead atoms. The third kappa shape index (κ3) is 6.33. The highest BCUT2D eigenvalue weighted by atomic mass is 19.1. The SMILES string of the molecule is Fc1ccc(C(=CC2CCN(CCCCc3cccnc3)CC2)c2ccc(F)cc2)cc1. The largest absolute Gasteiger partial charge is 0.303 e. The molecule has 0 aliphatic carbocycles. The molecule has 2 aromatic carbocycles. The van der Waals surface area contributed by atoms with E-state index in [1.54, 1.807) is 0 Å². The lowest BCUT2D eigenvalue weighted by molar-refractivity contribution is 0.200. The molecule has 0 N–H and O–H groups in total. The summed E-state index contributed by atoms with van der Waals surface area (Å²) >= 11 is 0. The average molecular weight is 433 g/mol. The van der Waals surface area contributed by atoms with Gasteiger partial charge in [0.25, 0.3) is 0 Å². The summed E-state index contributed by atoms with van der Waals surface area (Å²) in [5.41, 5.74) is 4.30. The van der Waals surface area contributed by atoms with Gasteiger partial charge in [-0.3, -0.25) is 4.98 Å². The summed E-state index contributed by atoms with van der Waals surface area (Å²) in [7, 11) is 0. The lowest BCUT2D eigenvalue weighted by Gasteiger charge is -2.31. The Bertz CT molecular complexity index is 942. The van der Waals surface area contributed by atoms with Crippen molar-refractivity contribution in [1.29, 1.82) is 0 Å². The molecule has 4 heteroatoms. The van der Waals surface area contributed by atoms with Gasteiger partial charge in [-0.05, 0) is 110 Å². The fourth-order valence-electron chi connectivity index (χ4n) is 4.41. The molecule has 1 aliphatic rings. The van der Waals surface area contributed by atoms with Crippen LogP contribution in [0.4, 0.5) is 8.78 Å². The average Bonchev–Trinajstić information content (AvgIpc) is 2.83. The zero-order chi connectivity index (χ0) is 22.2. The van der Waals surface area contributed by atoms with E-state index in [4.69, 9.17) is 0 Å². The number of hydrogen-bond donors (Lipinski definition) is 0. The summed E-state index contributed by atoms with van der Waals surface area (Å²) in [5.74, 6) is -0.0279. The number of aromatic nitrogens is 1. The summed E-state index contributed by atoms with van der Waals surface area (Å²) < 4.78 is 26.9. The van der Waals surface area contributed by atoms with Crippen molar-refractivity contribution in [2.45, 2.75) is 32.1 Å². The second-order valence-electron chi connectivity index (χ2n) is 8.59. The van der Waals surface area contributed by atoms with E-state index in [1.165, 1.54) is 42.7 Å². The molecule has 0 spiro atoms. The van der Waals surface area contributed by atoms with Gasteiger partial charge in [0.15, 0.2) is 0 Å². The van der Waals surface area contributed by atoms with Crippen molar-refractivity contribution >= 4 is 5.57 Å². The van der Waals surface area contributed by atoms with E-state index in [2.05, 4.69) is 22.0 Å². The van der Waals surface area contributed by atoms with Crippen LogP contribution in [0.15, 0.2) is 79.1 Å². The maximum Gasteiger partial charge on any atom is 0.123 e. The van der Waals surface area contributed by atoms with E-state index in [0.29, 0.717) is 5.92 Å². The van der Waals surface area contributed by atoms with E-state index >= 15 is 0 Å².